The van der Waals surface area contributed by atoms with Gasteiger partial charge in [-0.1, -0.05) is 11.6 Å². The maximum absolute atomic E-state index is 12.7. The van der Waals surface area contributed by atoms with E-state index >= 15 is 0 Å². The SMILES string of the molecule is CC(=O)C(Oc1ccc(F)cc1Cl)C(N)=O. The molecular weight excluding hydrogens is 237 g/mol. The molecule has 0 bridgehead atoms. The fourth-order valence-corrected chi connectivity index (χ4v) is 1.25. The monoisotopic (exact) mass is 245 g/mol. The molecule has 2 N–H and O–H groups in total. The Morgan fingerprint density at radius 1 is 1.50 bits per heavy atom. The normalized spacial score (nSPS) is 11.9. The number of primary amides is 1. The molecule has 1 aromatic carbocycles. The summed E-state index contributed by atoms with van der Waals surface area (Å²) < 4.78 is 17.7. The lowest BCUT2D eigenvalue weighted by molar-refractivity contribution is -0.134. The van der Waals surface area contributed by atoms with Crippen LogP contribution in [0.4, 0.5) is 4.39 Å². The Balaban J connectivity index is 2.94. The summed E-state index contributed by atoms with van der Waals surface area (Å²) in [5.41, 5.74) is 4.96. The van der Waals surface area contributed by atoms with E-state index in [9.17, 15) is 14.0 Å². The molecule has 0 radical (unpaired) electrons. The van der Waals surface area contributed by atoms with Crippen molar-refractivity contribution < 1.29 is 18.7 Å². The number of Topliss-reactive ketones (excluding diaryl/α,β-unsaturated/α-hetero) is 1. The second kappa shape index (κ2) is 4.94. The van der Waals surface area contributed by atoms with Crippen molar-refractivity contribution in [3.63, 3.8) is 0 Å². The Kier molecular flexibility index (Phi) is 3.84. The first-order chi connectivity index (χ1) is 7.41. The fourth-order valence-electron chi connectivity index (χ4n) is 1.04. The predicted octanol–water partition coefficient (Wildman–Crippen LogP) is 1.30. The Bertz CT molecular complexity index is 422. The minimum Gasteiger partial charge on any atom is -0.471 e. The summed E-state index contributed by atoms with van der Waals surface area (Å²) >= 11 is 5.65. The lowest BCUT2D eigenvalue weighted by atomic mass is 10.2. The molecule has 0 saturated carbocycles. The largest absolute Gasteiger partial charge is 0.471 e. The molecule has 0 aromatic heterocycles. The average molecular weight is 246 g/mol. The van der Waals surface area contributed by atoms with Crippen molar-refractivity contribution in [3.05, 3.63) is 29.0 Å². The number of carbonyl (C=O) groups is 2. The Morgan fingerprint density at radius 3 is 2.56 bits per heavy atom. The highest BCUT2D eigenvalue weighted by Gasteiger charge is 2.23. The molecule has 1 unspecified atom stereocenters. The van der Waals surface area contributed by atoms with E-state index in [1.165, 1.54) is 6.07 Å². The van der Waals surface area contributed by atoms with Crippen LogP contribution < -0.4 is 10.5 Å². The van der Waals surface area contributed by atoms with Crippen LogP contribution in [-0.2, 0) is 9.59 Å². The lowest BCUT2D eigenvalue weighted by Gasteiger charge is -2.13. The van der Waals surface area contributed by atoms with Crippen molar-refractivity contribution in [2.45, 2.75) is 13.0 Å². The number of nitrogens with two attached hydrogens (primary N) is 1. The van der Waals surface area contributed by atoms with Crippen LogP contribution in [0.5, 0.6) is 5.75 Å². The van der Waals surface area contributed by atoms with E-state index < -0.39 is 23.6 Å². The standard InChI is InChI=1S/C10H9ClFNO3/c1-5(14)9(10(13)15)16-8-3-2-6(12)4-7(8)11/h2-4,9H,1H3,(H2,13,15). The number of amides is 1. The van der Waals surface area contributed by atoms with Gasteiger partial charge in [-0.05, 0) is 25.1 Å². The van der Waals surface area contributed by atoms with Crippen LogP contribution in [0.25, 0.3) is 0 Å². The van der Waals surface area contributed by atoms with Gasteiger partial charge in [-0.25, -0.2) is 4.39 Å². The Labute approximate surface area is 96.1 Å². The first-order valence-electron chi connectivity index (χ1n) is 4.33. The third-order valence-electron chi connectivity index (χ3n) is 1.77. The molecule has 0 heterocycles. The number of rotatable bonds is 4. The van der Waals surface area contributed by atoms with Gasteiger partial charge >= 0.3 is 0 Å². The maximum Gasteiger partial charge on any atom is 0.266 e. The van der Waals surface area contributed by atoms with Crippen LogP contribution in [0.2, 0.25) is 5.02 Å². The number of hydrogen-bond acceptors (Lipinski definition) is 3. The van der Waals surface area contributed by atoms with Crippen LogP contribution in [0, 0.1) is 5.82 Å². The number of benzene rings is 1. The number of carbonyl (C=O) groups excluding carboxylic acids is 2. The summed E-state index contributed by atoms with van der Waals surface area (Å²) in [5.74, 6) is -1.99. The van der Waals surface area contributed by atoms with E-state index in [1.54, 1.807) is 0 Å². The molecule has 0 spiro atoms. The average Bonchev–Trinajstić information content (AvgIpc) is 2.15. The molecule has 1 aromatic rings. The Hall–Kier alpha value is -1.62. The van der Waals surface area contributed by atoms with Crippen molar-refractivity contribution in [1.82, 2.24) is 0 Å². The highest BCUT2D eigenvalue weighted by Crippen LogP contribution is 2.25. The lowest BCUT2D eigenvalue weighted by Crippen LogP contribution is -2.39. The highest BCUT2D eigenvalue weighted by molar-refractivity contribution is 6.32. The molecule has 6 heteroatoms. The molecule has 16 heavy (non-hydrogen) atoms. The quantitative estimate of drug-likeness (QED) is 0.813. The molecule has 1 rings (SSSR count). The summed E-state index contributed by atoms with van der Waals surface area (Å²) in [7, 11) is 0. The van der Waals surface area contributed by atoms with Crippen LogP contribution in [0.3, 0.4) is 0 Å². The maximum atomic E-state index is 12.7. The molecule has 1 atom stereocenters. The van der Waals surface area contributed by atoms with Crippen molar-refractivity contribution in [3.8, 4) is 5.75 Å². The first kappa shape index (κ1) is 12.4. The van der Waals surface area contributed by atoms with Gasteiger partial charge in [-0.15, -0.1) is 0 Å². The summed E-state index contributed by atoms with van der Waals surface area (Å²) in [6.07, 6.45) is -1.41. The zero-order chi connectivity index (χ0) is 12.3. The summed E-state index contributed by atoms with van der Waals surface area (Å²) in [6.45, 7) is 1.16. The van der Waals surface area contributed by atoms with Crippen LogP contribution in [-0.4, -0.2) is 17.8 Å². The van der Waals surface area contributed by atoms with E-state index in [4.69, 9.17) is 22.1 Å². The van der Waals surface area contributed by atoms with Crippen molar-refractivity contribution in [1.29, 1.82) is 0 Å². The molecular formula is C10H9ClFNO3. The molecule has 0 aliphatic heterocycles. The minimum atomic E-state index is -1.41. The van der Waals surface area contributed by atoms with E-state index in [-0.39, 0.29) is 10.8 Å². The summed E-state index contributed by atoms with van der Waals surface area (Å²) in [5, 5.41) is -0.0347. The van der Waals surface area contributed by atoms with E-state index in [1.807, 2.05) is 0 Å². The van der Waals surface area contributed by atoms with Crippen LogP contribution in [0.15, 0.2) is 18.2 Å². The van der Waals surface area contributed by atoms with Gasteiger partial charge in [0.05, 0.1) is 5.02 Å². The van der Waals surface area contributed by atoms with Gasteiger partial charge in [0.1, 0.15) is 11.6 Å². The van der Waals surface area contributed by atoms with Gasteiger partial charge < -0.3 is 10.5 Å². The smallest absolute Gasteiger partial charge is 0.266 e. The number of halogens is 2. The molecule has 0 saturated heterocycles. The van der Waals surface area contributed by atoms with Crippen molar-refractivity contribution in [2.75, 3.05) is 0 Å². The van der Waals surface area contributed by atoms with Gasteiger partial charge in [-0.3, -0.25) is 9.59 Å². The van der Waals surface area contributed by atoms with Gasteiger partial charge in [0.25, 0.3) is 5.91 Å². The third kappa shape index (κ3) is 2.93. The second-order valence-corrected chi connectivity index (χ2v) is 3.49. The predicted molar refractivity (Wildman–Crippen MR) is 55.7 cm³/mol. The van der Waals surface area contributed by atoms with Crippen LogP contribution in [0.1, 0.15) is 6.92 Å². The van der Waals surface area contributed by atoms with Gasteiger partial charge in [0.15, 0.2) is 5.78 Å². The van der Waals surface area contributed by atoms with E-state index in [2.05, 4.69) is 0 Å². The van der Waals surface area contributed by atoms with Gasteiger partial charge in [0, 0.05) is 0 Å². The fraction of sp³-hybridized carbons (Fsp3) is 0.200. The van der Waals surface area contributed by atoms with E-state index in [0.717, 1.165) is 19.1 Å². The summed E-state index contributed by atoms with van der Waals surface area (Å²) in [6, 6.07) is 3.32. The van der Waals surface area contributed by atoms with Crippen LogP contribution >= 0.6 is 11.6 Å². The highest BCUT2D eigenvalue weighted by atomic mass is 35.5. The minimum absolute atomic E-state index is 0.0297. The van der Waals surface area contributed by atoms with Crippen molar-refractivity contribution >= 4 is 23.3 Å². The molecule has 0 fully saturated rings. The van der Waals surface area contributed by atoms with Gasteiger partial charge in [0.2, 0.25) is 6.10 Å². The zero-order valence-corrected chi connectivity index (χ0v) is 9.12. The molecule has 1 amide bonds. The topological polar surface area (TPSA) is 69.4 Å². The summed E-state index contributed by atoms with van der Waals surface area (Å²) in [4.78, 5) is 21.9. The van der Waals surface area contributed by atoms with Crippen molar-refractivity contribution in [2.24, 2.45) is 5.73 Å². The number of hydrogen-bond donors (Lipinski definition) is 1. The molecule has 4 nitrogen and oxygen atoms in total. The number of ketones is 1. The molecule has 0 aliphatic rings. The van der Waals surface area contributed by atoms with Gasteiger partial charge in [-0.2, -0.15) is 0 Å². The Morgan fingerprint density at radius 2 is 2.12 bits per heavy atom. The third-order valence-corrected chi connectivity index (χ3v) is 2.06. The second-order valence-electron chi connectivity index (χ2n) is 3.09. The zero-order valence-electron chi connectivity index (χ0n) is 8.37. The number of ether oxygens (including phenoxy) is 1. The van der Waals surface area contributed by atoms with E-state index in [0.29, 0.717) is 0 Å². The first-order valence-corrected chi connectivity index (χ1v) is 4.71. The molecule has 86 valence electrons. The molecule has 0 aliphatic carbocycles.